The minimum Gasteiger partial charge on any atom is -0.172 e. The molecule has 0 amide bonds. The fraction of sp³-hybridized carbons (Fsp3) is 0.250. The fourth-order valence-electron chi connectivity index (χ4n) is 0.129. The summed E-state index contributed by atoms with van der Waals surface area (Å²) in [4.78, 5) is 0. The van der Waals surface area contributed by atoms with Crippen LogP contribution in [-0.4, -0.2) is 13.3 Å². The lowest BCUT2D eigenvalue weighted by Crippen LogP contribution is -1.54. The van der Waals surface area contributed by atoms with Gasteiger partial charge in [0.15, 0.2) is 0 Å². The summed E-state index contributed by atoms with van der Waals surface area (Å²) < 4.78 is 0. The van der Waals surface area contributed by atoms with E-state index in [0.29, 0.717) is 0 Å². The van der Waals surface area contributed by atoms with E-state index < -0.39 is 0 Å². The third-order valence-electron chi connectivity index (χ3n) is 0.313. The summed E-state index contributed by atoms with van der Waals surface area (Å²) in [7, 11) is 1.56. The molecule has 0 unspecified atom stereocenters. The van der Waals surface area contributed by atoms with E-state index in [4.69, 9.17) is 0 Å². The van der Waals surface area contributed by atoms with Crippen LogP contribution in [0.1, 0.15) is 0 Å². The van der Waals surface area contributed by atoms with Crippen LogP contribution in [0.15, 0.2) is 28.1 Å². The summed E-state index contributed by atoms with van der Waals surface area (Å²) in [6.45, 7) is 3.38. The van der Waals surface area contributed by atoms with Crippen LogP contribution in [0.25, 0.3) is 0 Å². The molecule has 38 valence electrons. The van der Waals surface area contributed by atoms with Crippen LogP contribution in [-0.2, 0) is 0 Å². The molecule has 0 bridgehead atoms. The minimum atomic E-state index is 1.47. The number of hydrogen-bond acceptors (Lipinski definition) is 2. The smallest absolute Gasteiger partial charge is 0.0509 e. The van der Waals surface area contributed by atoms with Crippen molar-refractivity contribution in [3.8, 4) is 0 Å². The molecular formula is C4H7N3. The highest BCUT2D eigenvalue weighted by molar-refractivity contribution is 5.69. The maximum Gasteiger partial charge on any atom is 0.0509 e. The van der Waals surface area contributed by atoms with Gasteiger partial charge in [0, 0.05) is 0 Å². The lowest BCUT2D eigenvalue weighted by atomic mass is 10.7. The number of rotatable bonds is 2. The van der Waals surface area contributed by atoms with Gasteiger partial charge in [0.05, 0.1) is 13.3 Å². The Morgan fingerprint density at radius 2 is 2.29 bits per heavy atom. The molecular weight excluding hydrogens is 90.1 g/mol. The van der Waals surface area contributed by atoms with E-state index in [0.717, 1.165) is 0 Å². The lowest BCUT2D eigenvalue weighted by molar-refractivity contribution is 1.03. The summed E-state index contributed by atoms with van der Waals surface area (Å²) >= 11 is 0. The van der Waals surface area contributed by atoms with E-state index in [1.165, 1.54) is 12.3 Å². The van der Waals surface area contributed by atoms with Gasteiger partial charge in [-0.3, -0.25) is 0 Å². The monoisotopic (exact) mass is 97.1 g/mol. The van der Waals surface area contributed by atoms with Gasteiger partial charge in [0.2, 0.25) is 0 Å². The molecule has 0 saturated heterocycles. The van der Waals surface area contributed by atoms with Crippen molar-refractivity contribution >= 4 is 6.21 Å². The molecule has 0 heterocycles. The van der Waals surface area contributed by atoms with Gasteiger partial charge in [0.25, 0.3) is 0 Å². The Morgan fingerprint density at radius 1 is 1.57 bits per heavy atom. The molecule has 0 aliphatic rings. The molecule has 0 aromatic heterocycles. The van der Waals surface area contributed by atoms with Gasteiger partial charge >= 0.3 is 0 Å². The molecule has 0 aliphatic carbocycles. The number of nitrogens with zero attached hydrogens (tertiary/aromatic N) is 3. The summed E-state index contributed by atoms with van der Waals surface area (Å²) in [6.07, 6.45) is 3.00. The van der Waals surface area contributed by atoms with E-state index in [1.807, 2.05) is 0 Å². The van der Waals surface area contributed by atoms with Gasteiger partial charge in [-0.05, 0) is 11.3 Å². The van der Waals surface area contributed by atoms with E-state index in [9.17, 15) is 0 Å². The summed E-state index contributed by atoms with van der Waals surface area (Å²) in [5.41, 5.74) is 0. The SMILES string of the molecule is C=C/C=N/N=NC. The fourth-order valence-corrected chi connectivity index (χ4v) is 0.129. The Kier molecular flexibility index (Phi) is 4.30. The van der Waals surface area contributed by atoms with Crippen molar-refractivity contribution in [3.63, 3.8) is 0 Å². The highest BCUT2D eigenvalue weighted by Crippen LogP contribution is 1.67. The molecule has 0 atom stereocenters. The molecule has 0 fully saturated rings. The molecule has 3 heteroatoms. The first-order valence-electron chi connectivity index (χ1n) is 1.85. The first-order valence-corrected chi connectivity index (χ1v) is 1.85. The van der Waals surface area contributed by atoms with Crippen LogP contribution in [0.3, 0.4) is 0 Å². The van der Waals surface area contributed by atoms with Crippen molar-refractivity contribution in [1.82, 2.24) is 0 Å². The highest BCUT2D eigenvalue weighted by atomic mass is 15.3. The molecule has 0 radical (unpaired) electrons. The van der Waals surface area contributed by atoms with Crippen molar-refractivity contribution in [1.29, 1.82) is 0 Å². The third-order valence-corrected chi connectivity index (χ3v) is 0.313. The average Bonchev–Trinajstić information content (AvgIpc) is 1.69. The van der Waals surface area contributed by atoms with Gasteiger partial charge < -0.3 is 0 Å². The third kappa shape index (κ3) is 5.01. The molecule has 0 rings (SSSR count). The largest absolute Gasteiger partial charge is 0.172 e. The summed E-state index contributed by atoms with van der Waals surface area (Å²) in [5.74, 6) is 0. The Hall–Kier alpha value is -0.990. The predicted octanol–water partition coefficient (Wildman–Crippen LogP) is 1.24. The molecule has 0 spiro atoms. The van der Waals surface area contributed by atoms with Gasteiger partial charge in [-0.15, -0.1) is 5.10 Å². The minimum absolute atomic E-state index is 1.47. The Morgan fingerprint density at radius 3 is 2.71 bits per heavy atom. The molecule has 0 saturated carbocycles. The first-order chi connectivity index (χ1) is 3.41. The van der Waals surface area contributed by atoms with Crippen LogP contribution in [0.4, 0.5) is 0 Å². The van der Waals surface area contributed by atoms with Crippen molar-refractivity contribution in [2.75, 3.05) is 7.05 Å². The van der Waals surface area contributed by atoms with Crippen molar-refractivity contribution in [2.45, 2.75) is 0 Å². The van der Waals surface area contributed by atoms with Gasteiger partial charge in [0.1, 0.15) is 0 Å². The zero-order valence-electron chi connectivity index (χ0n) is 4.20. The molecule has 7 heavy (non-hydrogen) atoms. The topological polar surface area (TPSA) is 37.1 Å². The zero-order chi connectivity index (χ0) is 5.54. The molecule has 0 N–H and O–H groups in total. The van der Waals surface area contributed by atoms with Gasteiger partial charge in [-0.2, -0.15) is 5.11 Å². The zero-order valence-corrected chi connectivity index (χ0v) is 4.20. The molecule has 0 aromatic rings. The van der Waals surface area contributed by atoms with Crippen LogP contribution in [0.5, 0.6) is 0 Å². The Labute approximate surface area is 42.5 Å². The molecule has 0 aromatic carbocycles. The maximum atomic E-state index is 3.42. The van der Waals surface area contributed by atoms with E-state index >= 15 is 0 Å². The second-order valence-electron chi connectivity index (χ2n) is 0.790. The van der Waals surface area contributed by atoms with Crippen LogP contribution >= 0.6 is 0 Å². The van der Waals surface area contributed by atoms with E-state index in [2.05, 4.69) is 22.0 Å². The van der Waals surface area contributed by atoms with Crippen molar-refractivity contribution in [2.24, 2.45) is 15.4 Å². The van der Waals surface area contributed by atoms with Crippen molar-refractivity contribution < 1.29 is 0 Å². The van der Waals surface area contributed by atoms with Crippen LogP contribution in [0, 0.1) is 0 Å². The molecule has 0 aliphatic heterocycles. The number of hydrogen-bond donors (Lipinski definition) is 0. The first kappa shape index (κ1) is 6.01. The second kappa shape index (κ2) is 5.01. The standard InChI is InChI=1S/C4H7N3/c1-3-4-6-7-5-2/h3-4H,1H2,2H3/b6-4+,7-5?. The summed E-state index contributed by atoms with van der Waals surface area (Å²) in [5, 5.41) is 10.1. The lowest BCUT2D eigenvalue weighted by Gasteiger charge is -1.65. The van der Waals surface area contributed by atoms with Crippen LogP contribution in [0.2, 0.25) is 0 Å². The maximum absolute atomic E-state index is 3.42. The Bertz CT molecular complexity index is 93.1. The number of allylic oxidation sites excluding steroid dienone is 1. The highest BCUT2D eigenvalue weighted by Gasteiger charge is 1.53. The van der Waals surface area contributed by atoms with E-state index in [1.54, 1.807) is 7.05 Å². The van der Waals surface area contributed by atoms with E-state index in [-0.39, 0.29) is 0 Å². The Balaban J connectivity index is 3.27. The van der Waals surface area contributed by atoms with Gasteiger partial charge in [-0.25, -0.2) is 0 Å². The van der Waals surface area contributed by atoms with Crippen LogP contribution < -0.4 is 0 Å². The molecule has 3 nitrogen and oxygen atoms in total. The van der Waals surface area contributed by atoms with Crippen molar-refractivity contribution in [3.05, 3.63) is 12.7 Å². The average molecular weight is 97.1 g/mol. The second-order valence-corrected chi connectivity index (χ2v) is 0.790. The normalized spacial score (nSPS) is 11.0. The predicted molar refractivity (Wildman–Crippen MR) is 29.5 cm³/mol. The quantitative estimate of drug-likeness (QED) is 0.282. The summed E-state index contributed by atoms with van der Waals surface area (Å²) in [6, 6.07) is 0. The van der Waals surface area contributed by atoms with Gasteiger partial charge in [-0.1, -0.05) is 6.58 Å².